The quantitative estimate of drug-likeness (QED) is 0.828. The molecule has 0 atom stereocenters. The van der Waals surface area contributed by atoms with E-state index in [1.807, 2.05) is 0 Å². The van der Waals surface area contributed by atoms with Gasteiger partial charge in [-0.2, -0.15) is 13.3 Å². The van der Waals surface area contributed by atoms with Gasteiger partial charge in [-0.05, 0) is 30.3 Å². The van der Waals surface area contributed by atoms with Crippen molar-refractivity contribution in [3.05, 3.63) is 48.8 Å². The molecule has 1 heterocycles. The summed E-state index contributed by atoms with van der Waals surface area (Å²) in [6.45, 7) is -2.86. The third-order valence-corrected chi connectivity index (χ3v) is 2.53. The van der Waals surface area contributed by atoms with Gasteiger partial charge in [-0.1, -0.05) is 0 Å². The van der Waals surface area contributed by atoms with Gasteiger partial charge < -0.3 is 15.2 Å². The Labute approximate surface area is 119 Å². The average Bonchev–Trinajstić information content (AvgIpc) is 2.40. The molecule has 1 aromatic carbocycles. The van der Waals surface area contributed by atoms with Gasteiger partial charge in [-0.3, -0.25) is 4.79 Å². The zero-order valence-electron chi connectivity index (χ0n) is 10.9. The topological polar surface area (TPSA) is 62.4 Å². The van der Waals surface area contributed by atoms with E-state index in [1.165, 1.54) is 41.1 Å². The highest BCUT2D eigenvalue weighted by Crippen LogP contribution is 2.17. The Hall–Kier alpha value is -2.70. The minimum Gasteiger partial charge on any atom is -0.503 e. The molecule has 1 amide bonds. The van der Waals surface area contributed by atoms with Crippen LogP contribution in [0.2, 0.25) is 0 Å². The second-order valence-corrected chi connectivity index (χ2v) is 4.19. The number of hydrogen-bond acceptors (Lipinski definition) is 3. The van der Waals surface area contributed by atoms with Gasteiger partial charge in [0.05, 0.1) is 0 Å². The Kier molecular flexibility index (Phi) is 4.65. The van der Waals surface area contributed by atoms with E-state index in [0.717, 1.165) is 0 Å². The molecular weight excluding hydrogens is 282 g/mol. The van der Waals surface area contributed by atoms with Crippen molar-refractivity contribution in [2.45, 2.75) is 13.2 Å². The number of halogens is 2. The minimum atomic E-state index is -2.88. The molecule has 0 saturated carbocycles. The molecule has 0 unspecified atom stereocenters. The Balaban J connectivity index is 1.93. The summed E-state index contributed by atoms with van der Waals surface area (Å²) in [5.41, 5.74) is 0.461. The molecule has 0 spiro atoms. The fraction of sp³-hybridized carbons (Fsp3) is 0.143. The third kappa shape index (κ3) is 4.72. The first-order valence-electron chi connectivity index (χ1n) is 6.06. The van der Waals surface area contributed by atoms with Crippen molar-refractivity contribution in [1.29, 1.82) is 0 Å². The molecule has 110 valence electrons. The second kappa shape index (κ2) is 6.65. The van der Waals surface area contributed by atoms with E-state index in [0.29, 0.717) is 5.69 Å². The predicted molar refractivity (Wildman–Crippen MR) is 70.0 cm³/mol. The lowest BCUT2D eigenvalue weighted by Gasteiger charge is -2.06. The monoisotopic (exact) mass is 295 g/mol. The third-order valence-electron chi connectivity index (χ3n) is 2.53. The summed E-state index contributed by atoms with van der Waals surface area (Å²) in [6, 6.07) is 8.70. The summed E-state index contributed by atoms with van der Waals surface area (Å²) in [6.07, 6.45) is 3.05. The van der Waals surface area contributed by atoms with E-state index in [2.05, 4.69) is 10.1 Å². The van der Waals surface area contributed by atoms with E-state index in [-0.39, 0.29) is 24.0 Å². The van der Waals surface area contributed by atoms with Crippen LogP contribution in [0.1, 0.15) is 0 Å². The van der Waals surface area contributed by atoms with Crippen LogP contribution in [0.25, 0.3) is 0 Å². The van der Waals surface area contributed by atoms with E-state index in [9.17, 15) is 18.7 Å². The van der Waals surface area contributed by atoms with Gasteiger partial charge >= 0.3 is 6.61 Å². The van der Waals surface area contributed by atoms with Crippen molar-refractivity contribution in [2.75, 3.05) is 5.32 Å². The number of carbonyl (C=O) groups excluding carboxylic acids is 1. The number of nitrogens with zero attached hydrogens (tertiary/aromatic N) is 1. The van der Waals surface area contributed by atoms with Gasteiger partial charge in [-0.15, -0.1) is 0 Å². The second-order valence-electron chi connectivity index (χ2n) is 4.19. The highest BCUT2D eigenvalue weighted by Gasteiger charge is 2.10. The number of ether oxygens (including phenoxy) is 1. The summed E-state index contributed by atoms with van der Waals surface area (Å²) >= 11 is 0. The van der Waals surface area contributed by atoms with Gasteiger partial charge in [0.1, 0.15) is 5.75 Å². The van der Waals surface area contributed by atoms with Gasteiger partial charge in [0, 0.05) is 11.8 Å². The Morgan fingerprint density at radius 3 is 2.62 bits per heavy atom. The normalized spacial score (nSPS) is 10.4. The highest BCUT2D eigenvalue weighted by molar-refractivity contribution is 5.89. The fourth-order valence-electron chi connectivity index (χ4n) is 1.69. The lowest BCUT2D eigenvalue weighted by molar-refractivity contribution is -0.684. The first-order valence-corrected chi connectivity index (χ1v) is 6.06. The SMILES string of the molecule is O=C(C[n+]1cccc(O)c1)Nc1ccc(OC(F)F)cc1. The molecule has 0 bridgehead atoms. The Morgan fingerprint density at radius 2 is 2.00 bits per heavy atom. The van der Waals surface area contributed by atoms with Gasteiger partial charge in [0.15, 0.2) is 11.9 Å². The maximum absolute atomic E-state index is 12.0. The zero-order valence-corrected chi connectivity index (χ0v) is 10.9. The lowest BCUT2D eigenvalue weighted by atomic mass is 10.3. The number of hydrogen-bond donors (Lipinski definition) is 2. The van der Waals surface area contributed by atoms with Crippen molar-refractivity contribution in [2.24, 2.45) is 0 Å². The van der Waals surface area contributed by atoms with Gasteiger partial charge in [0.25, 0.3) is 5.91 Å². The van der Waals surface area contributed by atoms with Crippen LogP contribution in [-0.4, -0.2) is 17.6 Å². The Bertz CT molecular complexity index is 618. The number of benzene rings is 1. The molecule has 2 N–H and O–H groups in total. The first kappa shape index (κ1) is 14.7. The molecule has 0 fully saturated rings. The molecule has 2 rings (SSSR count). The lowest BCUT2D eigenvalue weighted by Crippen LogP contribution is -2.39. The molecule has 21 heavy (non-hydrogen) atoms. The van der Waals surface area contributed by atoms with Gasteiger partial charge in [0.2, 0.25) is 12.7 Å². The summed E-state index contributed by atoms with van der Waals surface area (Å²) in [5.74, 6) is -0.239. The number of carbonyl (C=O) groups is 1. The van der Waals surface area contributed by atoms with E-state index >= 15 is 0 Å². The minimum absolute atomic E-state index is 0.0175. The van der Waals surface area contributed by atoms with E-state index in [1.54, 1.807) is 12.3 Å². The van der Waals surface area contributed by atoms with E-state index < -0.39 is 6.61 Å². The number of alkyl halides is 2. The molecular formula is C14H13F2N2O3+. The molecule has 0 aliphatic heterocycles. The number of nitrogens with one attached hydrogen (secondary N) is 1. The van der Waals surface area contributed by atoms with Crippen molar-refractivity contribution < 1.29 is 28.0 Å². The molecule has 0 radical (unpaired) electrons. The molecule has 7 heteroatoms. The van der Waals surface area contributed by atoms with Crippen LogP contribution in [-0.2, 0) is 11.3 Å². The fourth-order valence-corrected chi connectivity index (χ4v) is 1.69. The molecule has 0 saturated heterocycles. The van der Waals surface area contributed by atoms with Crippen LogP contribution < -0.4 is 14.6 Å². The van der Waals surface area contributed by atoms with Crippen molar-refractivity contribution >= 4 is 11.6 Å². The number of aromatic nitrogens is 1. The van der Waals surface area contributed by atoms with Crippen molar-refractivity contribution in [3.8, 4) is 11.5 Å². The molecule has 0 aliphatic carbocycles. The standard InChI is InChI=1S/C14H12F2N2O3/c15-14(16)21-12-5-3-10(4-6-12)17-13(20)9-18-7-1-2-11(19)8-18/h1-8,14H,9H2,(H-,17,19,20)/p+1. The summed E-state index contributed by atoms with van der Waals surface area (Å²) < 4.78 is 29.7. The smallest absolute Gasteiger partial charge is 0.387 e. The first-order chi connectivity index (χ1) is 10.0. The van der Waals surface area contributed by atoms with Crippen LogP contribution in [0.5, 0.6) is 11.5 Å². The maximum atomic E-state index is 12.0. The predicted octanol–water partition coefficient (Wildman–Crippen LogP) is 1.92. The molecule has 2 aromatic rings. The van der Waals surface area contributed by atoms with Crippen LogP contribution >= 0.6 is 0 Å². The molecule has 0 aliphatic rings. The Morgan fingerprint density at radius 1 is 1.29 bits per heavy atom. The summed E-state index contributed by atoms with van der Waals surface area (Å²) in [7, 11) is 0. The number of pyridine rings is 1. The van der Waals surface area contributed by atoms with Crippen LogP contribution in [0.3, 0.4) is 0 Å². The summed E-state index contributed by atoms with van der Waals surface area (Å²) in [4.78, 5) is 11.8. The van der Waals surface area contributed by atoms with E-state index in [4.69, 9.17) is 0 Å². The summed E-state index contributed by atoms with van der Waals surface area (Å²) in [5, 5.41) is 11.9. The number of aromatic hydroxyl groups is 1. The highest BCUT2D eigenvalue weighted by atomic mass is 19.3. The van der Waals surface area contributed by atoms with Crippen molar-refractivity contribution in [1.82, 2.24) is 0 Å². The van der Waals surface area contributed by atoms with Crippen LogP contribution in [0, 0.1) is 0 Å². The number of rotatable bonds is 5. The molecule has 5 nitrogen and oxygen atoms in total. The van der Waals surface area contributed by atoms with Gasteiger partial charge in [-0.25, -0.2) is 0 Å². The molecule has 1 aromatic heterocycles. The van der Waals surface area contributed by atoms with Crippen molar-refractivity contribution in [3.63, 3.8) is 0 Å². The largest absolute Gasteiger partial charge is 0.503 e. The number of anilines is 1. The van der Waals surface area contributed by atoms with Crippen LogP contribution in [0.4, 0.5) is 14.5 Å². The zero-order chi connectivity index (χ0) is 15.2. The number of amides is 1. The maximum Gasteiger partial charge on any atom is 0.387 e. The average molecular weight is 295 g/mol. The van der Waals surface area contributed by atoms with Crippen LogP contribution in [0.15, 0.2) is 48.8 Å².